The highest BCUT2D eigenvalue weighted by Gasteiger charge is 2.41. The van der Waals surface area contributed by atoms with E-state index >= 15 is 0 Å². The van der Waals surface area contributed by atoms with Gasteiger partial charge in [0.25, 0.3) is 5.91 Å². The molecular formula is C36H40F5N3O4. The van der Waals surface area contributed by atoms with E-state index in [2.05, 4.69) is 22.0 Å². The van der Waals surface area contributed by atoms with Crippen LogP contribution in [0.25, 0.3) is 0 Å². The molecule has 5 unspecified atom stereocenters. The molecule has 0 radical (unpaired) electrons. The Kier molecular flexibility index (Phi) is 10.8. The molecular weight excluding hydrogens is 633 g/mol. The highest BCUT2D eigenvalue weighted by molar-refractivity contribution is 5.94. The lowest BCUT2D eigenvalue weighted by Gasteiger charge is -2.43. The van der Waals surface area contributed by atoms with Crippen molar-refractivity contribution in [1.82, 2.24) is 15.1 Å². The average molecular weight is 674 g/mol. The van der Waals surface area contributed by atoms with Crippen LogP contribution in [-0.2, 0) is 22.6 Å². The van der Waals surface area contributed by atoms with Gasteiger partial charge < -0.3 is 24.8 Å². The van der Waals surface area contributed by atoms with Gasteiger partial charge in [0.05, 0.1) is 18.8 Å². The minimum Gasteiger partial charge on any atom is -0.392 e. The molecule has 6 rings (SSSR count). The molecule has 3 aliphatic rings. The third-order valence-corrected chi connectivity index (χ3v) is 9.85. The van der Waals surface area contributed by atoms with Crippen LogP contribution in [0.2, 0.25) is 0 Å². The third-order valence-electron chi connectivity index (χ3n) is 9.85. The summed E-state index contributed by atoms with van der Waals surface area (Å²) in [6, 6.07) is 15.0. The number of rotatable bonds is 10. The molecule has 5 atom stereocenters. The van der Waals surface area contributed by atoms with E-state index in [0.29, 0.717) is 17.2 Å². The number of nitrogens with zero attached hydrogens (tertiary/aromatic N) is 2. The van der Waals surface area contributed by atoms with E-state index < -0.39 is 46.8 Å². The Hall–Kier alpha value is -3.42. The molecule has 0 bridgehead atoms. The number of hydrogen-bond donors (Lipinski definition) is 2. The fourth-order valence-corrected chi connectivity index (χ4v) is 7.03. The number of hydrogen-bond acceptors (Lipinski definition) is 6. The molecule has 7 nitrogen and oxygen atoms in total. The Labute approximate surface area is 276 Å². The van der Waals surface area contributed by atoms with Crippen molar-refractivity contribution in [1.29, 1.82) is 0 Å². The molecule has 12 heteroatoms. The first-order valence-electron chi connectivity index (χ1n) is 16.5. The number of benzene rings is 3. The third kappa shape index (κ3) is 7.28. The van der Waals surface area contributed by atoms with Crippen molar-refractivity contribution in [3.05, 3.63) is 105 Å². The van der Waals surface area contributed by atoms with Gasteiger partial charge in [0.2, 0.25) is 5.82 Å². The first-order chi connectivity index (χ1) is 23.1. The molecule has 258 valence electrons. The van der Waals surface area contributed by atoms with Gasteiger partial charge in [-0.3, -0.25) is 9.69 Å². The molecule has 3 saturated heterocycles. The average Bonchev–Trinajstić information content (AvgIpc) is 3.79. The normalized spacial score (nSPS) is 25.1. The fourth-order valence-electron chi connectivity index (χ4n) is 7.03. The van der Waals surface area contributed by atoms with Crippen LogP contribution in [0.5, 0.6) is 0 Å². The van der Waals surface area contributed by atoms with Crippen molar-refractivity contribution in [2.75, 3.05) is 32.7 Å². The first-order valence-corrected chi connectivity index (χ1v) is 16.5. The summed E-state index contributed by atoms with van der Waals surface area (Å²) in [4.78, 5) is 17.5. The molecule has 3 aromatic rings. The Bertz CT molecular complexity index is 1560. The van der Waals surface area contributed by atoms with Gasteiger partial charge in [0.1, 0.15) is 5.56 Å². The standard InChI is InChI=1S/C36H40F5N3O4/c1-21-27(19-44-16-4-5-26(44)18-43-14-2-3-15-43)47-36(48-34(21)24-10-8-23(20-45)9-11-24)25-12-6-22(7-13-25)17-42-35(46)28-29(37)31(39)33(41)32(40)30(28)38/h6-13,21,26-27,34,36,45H,2-5,14-20H2,1H3,(H,42,46). The summed E-state index contributed by atoms with van der Waals surface area (Å²) in [5, 5.41) is 11.8. The second-order valence-corrected chi connectivity index (χ2v) is 13.0. The van der Waals surface area contributed by atoms with Crippen LogP contribution >= 0.6 is 0 Å². The molecule has 0 aliphatic carbocycles. The van der Waals surface area contributed by atoms with Gasteiger partial charge in [0, 0.05) is 37.2 Å². The number of ether oxygens (including phenoxy) is 2. The summed E-state index contributed by atoms with van der Waals surface area (Å²) in [7, 11) is 0. The van der Waals surface area contributed by atoms with Crippen LogP contribution in [-0.4, -0.2) is 65.7 Å². The second kappa shape index (κ2) is 15.0. The molecule has 3 fully saturated rings. The lowest BCUT2D eigenvalue weighted by Crippen LogP contribution is -2.48. The maximum Gasteiger partial charge on any atom is 0.257 e. The monoisotopic (exact) mass is 673 g/mol. The lowest BCUT2D eigenvalue weighted by molar-refractivity contribution is -0.276. The number of aliphatic hydroxyl groups excluding tert-OH is 1. The topological polar surface area (TPSA) is 74.3 Å². The zero-order valence-electron chi connectivity index (χ0n) is 26.7. The molecule has 0 spiro atoms. The van der Waals surface area contributed by atoms with E-state index in [9.17, 15) is 31.9 Å². The Morgan fingerprint density at radius 1 is 0.792 bits per heavy atom. The van der Waals surface area contributed by atoms with Crippen molar-refractivity contribution in [3.63, 3.8) is 0 Å². The van der Waals surface area contributed by atoms with Crippen LogP contribution in [0.4, 0.5) is 22.0 Å². The zero-order chi connectivity index (χ0) is 33.9. The Morgan fingerprint density at radius 2 is 1.40 bits per heavy atom. The summed E-state index contributed by atoms with van der Waals surface area (Å²) in [5.74, 6) is -12.5. The van der Waals surface area contributed by atoms with Crippen molar-refractivity contribution >= 4 is 5.91 Å². The van der Waals surface area contributed by atoms with E-state index in [4.69, 9.17) is 9.47 Å². The van der Waals surface area contributed by atoms with E-state index in [1.54, 1.807) is 24.3 Å². The highest BCUT2D eigenvalue weighted by Crippen LogP contribution is 2.42. The largest absolute Gasteiger partial charge is 0.392 e. The summed E-state index contributed by atoms with van der Waals surface area (Å²) in [6.45, 7) is 6.99. The van der Waals surface area contributed by atoms with Crippen LogP contribution in [0.1, 0.15) is 77.6 Å². The highest BCUT2D eigenvalue weighted by atomic mass is 19.2. The first kappa shape index (κ1) is 34.4. The second-order valence-electron chi connectivity index (χ2n) is 13.0. The fraction of sp³-hybridized carbons (Fsp3) is 0.472. The number of carbonyl (C=O) groups excluding carboxylic acids is 1. The van der Waals surface area contributed by atoms with Gasteiger partial charge in [-0.2, -0.15) is 0 Å². The smallest absolute Gasteiger partial charge is 0.257 e. The van der Waals surface area contributed by atoms with E-state index in [1.165, 1.54) is 12.8 Å². The van der Waals surface area contributed by atoms with Crippen molar-refractivity contribution in [2.45, 2.75) is 70.3 Å². The van der Waals surface area contributed by atoms with E-state index in [-0.39, 0.29) is 31.3 Å². The lowest BCUT2D eigenvalue weighted by atomic mass is 9.90. The molecule has 48 heavy (non-hydrogen) atoms. The molecule has 0 saturated carbocycles. The van der Waals surface area contributed by atoms with Gasteiger partial charge in [-0.05, 0) is 62.0 Å². The minimum absolute atomic E-state index is 0.0191. The molecule has 0 aromatic heterocycles. The predicted molar refractivity (Wildman–Crippen MR) is 167 cm³/mol. The summed E-state index contributed by atoms with van der Waals surface area (Å²) in [6.07, 6.45) is 3.65. The molecule has 3 aliphatic heterocycles. The van der Waals surface area contributed by atoms with Gasteiger partial charge >= 0.3 is 0 Å². The number of aliphatic hydroxyl groups is 1. The number of amides is 1. The van der Waals surface area contributed by atoms with Gasteiger partial charge in [0.15, 0.2) is 29.6 Å². The number of nitrogens with one attached hydrogen (secondary N) is 1. The maximum absolute atomic E-state index is 14.1. The summed E-state index contributed by atoms with van der Waals surface area (Å²) < 4.78 is 82.0. The van der Waals surface area contributed by atoms with Crippen LogP contribution in [0.15, 0.2) is 48.5 Å². The Morgan fingerprint density at radius 3 is 2.04 bits per heavy atom. The molecule has 3 heterocycles. The molecule has 1 amide bonds. The minimum atomic E-state index is -2.33. The van der Waals surface area contributed by atoms with Gasteiger partial charge in [-0.1, -0.05) is 55.5 Å². The number of carbonyl (C=O) groups is 1. The Balaban J connectivity index is 1.17. The summed E-state index contributed by atoms with van der Waals surface area (Å²) >= 11 is 0. The van der Waals surface area contributed by atoms with Crippen molar-refractivity contribution < 1.29 is 41.3 Å². The SMILES string of the molecule is CC1C(CN2CCCC2CN2CCCC2)OC(c2ccc(CNC(=O)c3c(F)c(F)c(F)c(F)c3F)cc2)OC1c1ccc(CO)cc1. The van der Waals surface area contributed by atoms with E-state index in [1.807, 2.05) is 24.3 Å². The number of halogens is 5. The van der Waals surface area contributed by atoms with Crippen LogP contribution in [0, 0.1) is 35.0 Å². The maximum atomic E-state index is 14.1. The molecule has 3 aromatic carbocycles. The predicted octanol–water partition coefficient (Wildman–Crippen LogP) is 6.16. The van der Waals surface area contributed by atoms with Crippen LogP contribution < -0.4 is 5.32 Å². The van der Waals surface area contributed by atoms with E-state index in [0.717, 1.165) is 56.7 Å². The quantitative estimate of drug-likeness (QED) is 0.153. The van der Waals surface area contributed by atoms with Crippen LogP contribution in [0.3, 0.4) is 0 Å². The van der Waals surface area contributed by atoms with Gasteiger partial charge in [-0.15, -0.1) is 0 Å². The van der Waals surface area contributed by atoms with Crippen molar-refractivity contribution in [3.8, 4) is 0 Å². The summed E-state index contributed by atoms with van der Waals surface area (Å²) in [5.41, 5.74) is 1.48. The van der Waals surface area contributed by atoms with Crippen molar-refractivity contribution in [2.24, 2.45) is 5.92 Å². The van der Waals surface area contributed by atoms with Gasteiger partial charge in [-0.25, -0.2) is 22.0 Å². The zero-order valence-corrected chi connectivity index (χ0v) is 26.7. The number of likely N-dealkylation sites (tertiary alicyclic amines) is 2. The molecule has 2 N–H and O–H groups in total.